The number of nitrogens with zero attached hydrogens (tertiary/aromatic N) is 1. The number of benzene rings is 2. The summed E-state index contributed by atoms with van der Waals surface area (Å²) in [6.45, 7) is 10.1. The van der Waals surface area contributed by atoms with Gasteiger partial charge in [-0.25, -0.2) is 0 Å². The molecule has 0 aliphatic rings. The van der Waals surface area contributed by atoms with Crippen LogP contribution in [0.1, 0.15) is 31.9 Å². The van der Waals surface area contributed by atoms with Gasteiger partial charge in [-0.05, 0) is 63.9 Å². The SMILES string of the molecule is Cc1c(OCC(C)(O)C(C)(C)[N+](C)(C)C)cc2c(=O)c3ccccc3sc2c1C. The minimum absolute atomic E-state index is 0.0285. The number of aliphatic hydroxyl groups is 1. The molecule has 1 N–H and O–H groups in total. The smallest absolute Gasteiger partial charge is 0.196 e. The van der Waals surface area contributed by atoms with Gasteiger partial charge in [0.05, 0.1) is 21.1 Å². The molecule has 1 unspecified atom stereocenters. The van der Waals surface area contributed by atoms with Crippen molar-refractivity contribution in [1.82, 2.24) is 0 Å². The molecule has 0 radical (unpaired) electrons. The Labute approximate surface area is 176 Å². The Hall–Kier alpha value is -1.95. The van der Waals surface area contributed by atoms with Crippen LogP contribution in [0, 0.1) is 13.8 Å². The van der Waals surface area contributed by atoms with Gasteiger partial charge in [-0.15, -0.1) is 11.3 Å². The van der Waals surface area contributed by atoms with Crippen LogP contribution in [0.3, 0.4) is 0 Å². The van der Waals surface area contributed by atoms with Crippen molar-refractivity contribution in [3.8, 4) is 5.75 Å². The van der Waals surface area contributed by atoms with E-state index in [1.807, 2.05) is 65.0 Å². The molecule has 0 bridgehead atoms. The maximum Gasteiger partial charge on any atom is 0.196 e. The quantitative estimate of drug-likeness (QED) is 0.488. The third-order valence-electron chi connectivity index (χ3n) is 6.88. The fourth-order valence-corrected chi connectivity index (χ4v) is 4.63. The van der Waals surface area contributed by atoms with E-state index in [2.05, 4.69) is 21.1 Å². The highest BCUT2D eigenvalue weighted by atomic mass is 32.1. The lowest BCUT2D eigenvalue weighted by atomic mass is 9.82. The molecule has 0 fully saturated rings. The lowest BCUT2D eigenvalue weighted by Gasteiger charge is -2.49. The summed E-state index contributed by atoms with van der Waals surface area (Å²) in [6.07, 6.45) is 0. The van der Waals surface area contributed by atoms with Gasteiger partial charge in [0.2, 0.25) is 0 Å². The van der Waals surface area contributed by atoms with Crippen molar-refractivity contribution >= 4 is 31.5 Å². The van der Waals surface area contributed by atoms with Crippen molar-refractivity contribution in [1.29, 1.82) is 0 Å². The van der Waals surface area contributed by atoms with Gasteiger partial charge in [0.25, 0.3) is 0 Å². The van der Waals surface area contributed by atoms with Crippen LogP contribution in [0.4, 0.5) is 0 Å². The largest absolute Gasteiger partial charge is 0.490 e. The van der Waals surface area contributed by atoms with Gasteiger partial charge < -0.3 is 14.3 Å². The number of hydrogen-bond donors (Lipinski definition) is 1. The van der Waals surface area contributed by atoms with Crippen LogP contribution in [-0.4, -0.2) is 48.5 Å². The van der Waals surface area contributed by atoms with Gasteiger partial charge in [0, 0.05) is 20.2 Å². The molecule has 3 aromatic rings. The second-order valence-electron chi connectivity index (χ2n) is 9.56. The monoisotopic (exact) mass is 414 g/mol. The summed E-state index contributed by atoms with van der Waals surface area (Å²) in [5.74, 6) is 0.659. The number of quaternary nitrogens is 1. The van der Waals surface area contributed by atoms with E-state index in [4.69, 9.17) is 4.74 Å². The van der Waals surface area contributed by atoms with E-state index in [-0.39, 0.29) is 12.0 Å². The first-order valence-corrected chi connectivity index (χ1v) is 10.7. The Morgan fingerprint density at radius 1 is 1.03 bits per heavy atom. The van der Waals surface area contributed by atoms with Crippen molar-refractivity contribution in [3.05, 3.63) is 51.7 Å². The van der Waals surface area contributed by atoms with Gasteiger partial charge in [-0.2, -0.15) is 0 Å². The lowest BCUT2D eigenvalue weighted by Crippen LogP contribution is -2.67. The van der Waals surface area contributed by atoms with E-state index < -0.39 is 11.1 Å². The average Bonchev–Trinajstić information content (AvgIpc) is 2.63. The van der Waals surface area contributed by atoms with E-state index in [1.54, 1.807) is 11.3 Å². The van der Waals surface area contributed by atoms with Crippen molar-refractivity contribution in [2.75, 3.05) is 27.7 Å². The van der Waals surface area contributed by atoms with Gasteiger partial charge in [0.1, 0.15) is 23.5 Å². The zero-order valence-corrected chi connectivity index (χ0v) is 19.5. The molecule has 0 aliphatic carbocycles. The summed E-state index contributed by atoms with van der Waals surface area (Å²) in [6, 6.07) is 9.56. The molecular formula is C24H32NO3S+. The van der Waals surface area contributed by atoms with Crippen LogP contribution in [-0.2, 0) is 0 Å². The van der Waals surface area contributed by atoms with Crippen LogP contribution in [0.15, 0.2) is 35.1 Å². The minimum Gasteiger partial charge on any atom is -0.490 e. The molecule has 0 aliphatic heterocycles. The van der Waals surface area contributed by atoms with Crippen LogP contribution < -0.4 is 10.2 Å². The number of aryl methyl sites for hydroxylation is 1. The maximum atomic E-state index is 13.1. The number of ether oxygens (including phenoxy) is 1. The molecule has 1 aromatic heterocycles. The number of rotatable bonds is 5. The third-order valence-corrected chi connectivity index (χ3v) is 8.19. The van der Waals surface area contributed by atoms with E-state index in [0.717, 1.165) is 25.9 Å². The Morgan fingerprint density at radius 3 is 2.28 bits per heavy atom. The van der Waals surface area contributed by atoms with Gasteiger partial charge in [-0.3, -0.25) is 4.79 Å². The van der Waals surface area contributed by atoms with Gasteiger partial charge >= 0.3 is 0 Å². The molecule has 1 heterocycles. The first kappa shape index (κ1) is 21.8. The highest BCUT2D eigenvalue weighted by Crippen LogP contribution is 2.36. The molecule has 0 spiro atoms. The predicted octanol–water partition coefficient (Wildman–Crippen LogP) is 4.65. The zero-order chi connectivity index (χ0) is 21.8. The van der Waals surface area contributed by atoms with Gasteiger partial charge in [0.15, 0.2) is 5.43 Å². The Kier molecular flexibility index (Phi) is 5.31. The zero-order valence-electron chi connectivity index (χ0n) is 18.7. The Morgan fingerprint density at radius 2 is 1.66 bits per heavy atom. The topological polar surface area (TPSA) is 46.5 Å². The Bertz CT molecular complexity index is 1140. The van der Waals surface area contributed by atoms with Crippen LogP contribution in [0.2, 0.25) is 0 Å². The van der Waals surface area contributed by atoms with Crippen LogP contribution in [0.5, 0.6) is 5.75 Å². The molecular weight excluding hydrogens is 382 g/mol. The maximum absolute atomic E-state index is 13.1. The average molecular weight is 415 g/mol. The highest BCUT2D eigenvalue weighted by molar-refractivity contribution is 7.24. The molecule has 2 aromatic carbocycles. The molecule has 156 valence electrons. The molecule has 0 saturated heterocycles. The van der Waals surface area contributed by atoms with E-state index in [9.17, 15) is 9.90 Å². The second kappa shape index (κ2) is 7.08. The van der Waals surface area contributed by atoms with E-state index in [1.165, 1.54) is 0 Å². The van der Waals surface area contributed by atoms with E-state index >= 15 is 0 Å². The second-order valence-corrected chi connectivity index (χ2v) is 10.6. The molecule has 4 nitrogen and oxygen atoms in total. The molecule has 5 heteroatoms. The summed E-state index contributed by atoms with van der Waals surface area (Å²) in [7, 11) is 6.20. The standard InChI is InChI=1S/C24H32NO3S/c1-15-16(2)22-18(21(26)17-11-9-10-12-20(17)29-22)13-19(15)28-14-24(5,27)23(3,4)25(6,7)8/h9-13,27H,14H2,1-8H3/q+1. The number of hydrogen-bond acceptors (Lipinski definition) is 4. The summed E-state index contributed by atoms with van der Waals surface area (Å²) in [5, 5.41) is 12.6. The molecule has 3 rings (SSSR count). The summed E-state index contributed by atoms with van der Waals surface area (Å²) in [5.41, 5.74) is 0.584. The Balaban J connectivity index is 2.07. The predicted molar refractivity (Wildman–Crippen MR) is 123 cm³/mol. The fraction of sp³-hybridized carbons (Fsp3) is 0.458. The molecule has 1 atom stereocenters. The molecule has 0 amide bonds. The van der Waals surface area contributed by atoms with Crippen molar-refractivity contribution in [2.45, 2.75) is 45.8 Å². The first-order valence-electron chi connectivity index (χ1n) is 9.90. The minimum atomic E-state index is -1.06. The van der Waals surface area contributed by atoms with Crippen LogP contribution in [0.25, 0.3) is 20.2 Å². The normalized spacial score (nSPS) is 14.9. The highest BCUT2D eigenvalue weighted by Gasteiger charge is 2.50. The third kappa shape index (κ3) is 3.56. The van der Waals surface area contributed by atoms with Crippen LogP contribution >= 0.6 is 11.3 Å². The summed E-state index contributed by atoms with van der Waals surface area (Å²) < 4.78 is 8.73. The first-order chi connectivity index (χ1) is 13.3. The summed E-state index contributed by atoms with van der Waals surface area (Å²) >= 11 is 1.64. The lowest BCUT2D eigenvalue weighted by molar-refractivity contribution is -0.928. The van der Waals surface area contributed by atoms with E-state index in [0.29, 0.717) is 15.6 Å². The molecule has 29 heavy (non-hydrogen) atoms. The fourth-order valence-electron chi connectivity index (χ4n) is 3.43. The van der Waals surface area contributed by atoms with Crippen molar-refractivity contribution in [3.63, 3.8) is 0 Å². The molecule has 0 saturated carbocycles. The van der Waals surface area contributed by atoms with Gasteiger partial charge in [-0.1, -0.05) is 12.1 Å². The van der Waals surface area contributed by atoms with Crippen molar-refractivity contribution in [2.24, 2.45) is 0 Å². The number of likely N-dealkylation sites (N-methyl/N-ethyl adjacent to an activating group) is 1. The summed E-state index contributed by atoms with van der Waals surface area (Å²) in [4.78, 5) is 13.1. The van der Waals surface area contributed by atoms with Crippen molar-refractivity contribution < 1.29 is 14.3 Å². The number of fused-ring (bicyclic) bond motifs is 2.